The summed E-state index contributed by atoms with van der Waals surface area (Å²) >= 11 is 0. The zero-order valence-corrected chi connectivity index (χ0v) is 21.6. The molecule has 32 heavy (non-hydrogen) atoms. The summed E-state index contributed by atoms with van der Waals surface area (Å²) in [5.41, 5.74) is 0. The molecule has 1 aliphatic rings. The number of unbranched alkanes of at least 4 members (excludes halogenated alkanes) is 13. The summed E-state index contributed by atoms with van der Waals surface area (Å²) in [4.78, 5) is 13.8. The van der Waals surface area contributed by atoms with E-state index in [0.717, 1.165) is 38.8 Å². The van der Waals surface area contributed by atoms with Crippen LogP contribution in [0.1, 0.15) is 122 Å². The zero-order valence-electron chi connectivity index (χ0n) is 21.6. The van der Waals surface area contributed by atoms with Crippen molar-refractivity contribution in [2.45, 2.75) is 135 Å². The molecule has 1 heterocycles. The standard InChI is InChI=1S/C27H53NO4/c1-4-5-6-7-8-9-10-11-12-13-14-15-16-17-23-30-27-21-20-25(32-27)24-31-26(29)19-18-22-28(2)3/h25,27H,4-24H2,1-3H3. The average molecular weight is 456 g/mol. The van der Waals surface area contributed by atoms with Gasteiger partial charge in [-0.15, -0.1) is 0 Å². The summed E-state index contributed by atoms with van der Waals surface area (Å²) in [6, 6.07) is 0. The first-order valence-corrected chi connectivity index (χ1v) is 13.7. The third kappa shape index (κ3) is 17.9. The Labute approximate surface area is 198 Å². The predicted octanol–water partition coefficient (Wildman–Crippen LogP) is 6.87. The number of rotatable bonds is 22. The molecule has 5 heteroatoms. The van der Waals surface area contributed by atoms with Gasteiger partial charge in [0, 0.05) is 19.4 Å². The Morgan fingerprint density at radius 1 is 0.812 bits per heavy atom. The Hall–Kier alpha value is -0.650. The van der Waals surface area contributed by atoms with E-state index in [-0.39, 0.29) is 18.4 Å². The fraction of sp³-hybridized carbons (Fsp3) is 0.963. The van der Waals surface area contributed by atoms with Gasteiger partial charge in [0.15, 0.2) is 6.29 Å². The smallest absolute Gasteiger partial charge is 0.305 e. The van der Waals surface area contributed by atoms with Crippen molar-refractivity contribution in [3.8, 4) is 0 Å². The second-order valence-corrected chi connectivity index (χ2v) is 9.82. The predicted molar refractivity (Wildman–Crippen MR) is 133 cm³/mol. The maximum atomic E-state index is 11.8. The second-order valence-electron chi connectivity index (χ2n) is 9.82. The minimum absolute atomic E-state index is 0.00543. The van der Waals surface area contributed by atoms with Crippen molar-refractivity contribution in [3.63, 3.8) is 0 Å². The van der Waals surface area contributed by atoms with E-state index in [2.05, 4.69) is 11.8 Å². The van der Waals surface area contributed by atoms with Crippen molar-refractivity contribution in [2.75, 3.05) is 33.9 Å². The topological polar surface area (TPSA) is 48.0 Å². The van der Waals surface area contributed by atoms with Crippen molar-refractivity contribution in [3.05, 3.63) is 0 Å². The van der Waals surface area contributed by atoms with Crippen LogP contribution >= 0.6 is 0 Å². The fourth-order valence-electron chi connectivity index (χ4n) is 4.23. The first kappa shape index (κ1) is 29.4. The van der Waals surface area contributed by atoms with E-state index in [1.807, 2.05) is 14.1 Å². The summed E-state index contributed by atoms with van der Waals surface area (Å²) in [6.45, 7) is 4.33. The molecule has 0 aromatic rings. The van der Waals surface area contributed by atoms with E-state index in [0.29, 0.717) is 13.0 Å². The minimum atomic E-state index is -0.123. The van der Waals surface area contributed by atoms with Gasteiger partial charge in [-0.1, -0.05) is 90.4 Å². The number of hydrogen-bond donors (Lipinski definition) is 0. The number of hydrogen-bond acceptors (Lipinski definition) is 5. The van der Waals surface area contributed by atoms with Crippen molar-refractivity contribution in [1.82, 2.24) is 4.90 Å². The maximum Gasteiger partial charge on any atom is 0.305 e. The van der Waals surface area contributed by atoms with Crippen LogP contribution in [0.3, 0.4) is 0 Å². The van der Waals surface area contributed by atoms with Gasteiger partial charge in [-0.2, -0.15) is 0 Å². The van der Waals surface area contributed by atoms with Gasteiger partial charge in [-0.25, -0.2) is 0 Å². The monoisotopic (exact) mass is 455 g/mol. The molecule has 0 N–H and O–H groups in total. The number of ether oxygens (including phenoxy) is 3. The highest BCUT2D eigenvalue weighted by Crippen LogP contribution is 2.21. The zero-order chi connectivity index (χ0) is 23.3. The Bertz CT molecular complexity index is 430. The van der Waals surface area contributed by atoms with Gasteiger partial charge in [0.2, 0.25) is 0 Å². The number of esters is 1. The molecule has 1 fully saturated rings. The van der Waals surface area contributed by atoms with Crippen molar-refractivity contribution in [2.24, 2.45) is 0 Å². The van der Waals surface area contributed by atoms with E-state index < -0.39 is 0 Å². The van der Waals surface area contributed by atoms with Gasteiger partial charge >= 0.3 is 5.97 Å². The highest BCUT2D eigenvalue weighted by Gasteiger charge is 2.26. The minimum Gasteiger partial charge on any atom is -0.463 e. The van der Waals surface area contributed by atoms with Crippen LogP contribution in [0.15, 0.2) is 0 Å². The van der Waals surface area contributed by atoms with Crippen LogP contribution in [0, 0.1) is 0 Å². The summed E-state index contributed by atoms with van der Waals surface area (Å²) in [5.74, 6) is -0.123. The molecule has 2 unspecified atom stereocenters. The summed E-state index contributed by atoms with van der Waals surface area (Å²) in [6.07, 6.45) is 22.2. The van der Waals surface area contributed by atoms with E-state index in [4.69, 9.17) is 14.2 Å². The molecule has 1 aliphatic heterocycles. The van der Waals surface area contributed by atoms with E-state index in [9.17, 15) is 4.79 Å². The Balaban J connectivity index is 1.82. The third-order valence-corrected chi connectivity index (χ3v) is 6.29. The van der Waals surface area contributed by atoms with Crippen molar-refractivity contribution < 1.29 is 19.0 Å². The average Bonchev–Trinajstić information content (AvgIpc) is 3.22. The molecule has 0 aromatic carbocycles. The quantitative estimate of drug-likeness (QED) is 0.132. The van der Waals surface area contributed by atoms with Crippen molar-refractivity contribution in [1.29, 1.82) is 0 Å². The largest absolute Gasteiger partial charge is 0.463 e. The molecule has 0 aromatic heterocycles. The molecule has 0 saturated carbocycles. The summed E-state index contributed by atoms with van der Waals surface area (Å²) < 4.78 is 17.1. The second kappa shape index (κ2) is 20.9. The lowest BCUT2D eigenvalue weighted by Gasteiger charge is -2.15. The maximum absolute atomic E-state index is 11.8. The highest BCUT2D eigenvalue weighted by atomic mass is 16.7. The van der Waals surface area contributed by atoms with Gasteiger partial charge in [-0.3, -0.25) is 4.79 Å². The molecule has 2 atom stereocenters. The molecular formula is C27H53NO4. The molecule has 0 amide bonds. The molecule has 5 nitrogen and oxygen atoms in total. The van der Waals surface area contributed by atoms with Gasteiger partial charge < -0.3 is 19.1 Å². The van der Waals surface area contributed by atoms with Crippen LogP contribution in [0.5, 0.6) is 0 Å². The molecular weight excluding hydrogens is 402 g/mol. The van der Waals surface area contributed by atoms with Crippen LogP contribution in [-0.4, -0.2) is 57.1 Å². The van der Waals surface area contributed by atoms with Gasteiger partial charge in [-0.05, 0) is 39.9 Å². The Morgan fingerprint density at radius 3 is 1.94 bits per heavy atom. The summed E-state index contributed by atoms with van der Waals surface area (Å²) in [7, 11) is 4.02. The van der Waals surface area contributed by atoms with Crippen LogP contribution in [0.4, 0.5) is 0 Å². The first-order valence-electron chi connectivity index (χ1n) is 13.7. The van der Waals surface area contributed by atoms with Crippen LogP contribution in [0.2, 0.25) is 0 Å². The van der Waals surface area contributed by atoms with Crippen molar-refractivity contribution >= 4 is 5.97 Å². The van der Waals surface area contributed by atoms with E-state index in [1.165, 1.54) is 83.5 Å². The molecule has 0 spiro atoms. The molecule has 0 bridgehead atoms. The van der Waals surface area contributed by atoms with Crippen LogP contribution in [0.25, 0.3) is 0 Å². The molecule has 190 valence electrons. The van der Waals surface area contributed by atoms with E-state index in [1.54, 1.807) is 0 Å². The van der Waals surface area contributed by atoms with Crippen LogP contribution in [-0.2, 0) is 19.0 Å². The first-order chi connectivity index (χ1) is 15.6. The lowest BCUT2D eigenvalue weighted by molar-refractivity contribution is -0.160. The molecule has 0 radical (unpaired) electrons. The molecule has 1 rings (SSSR count). The summed E-state index contributed by atoms with van der Waals surface area (Å²) in [5, 5.41) is 0. The molecule has 1 saturated heterocycles. The number of nitrogens with zero attached hydrogens (tertiary/aromatic N) is 1. The molecule has 0 aliphatic carbocycles. The number of carbonyl (C=O) groups is 1. The number of carbonyl (C=O) groups excluding carboxylic acids is 1. The lowest BCUT2D eigenvalue weighted by atomic mass is 10.0. The third-order valence-electron chi connectivity index (χ3n) is 6.29. The van der Waals surface area contributed by atoms with Gasteiger partial charge in [0.25, 0.3) is 0 Å². The fourth-order valence-corrected chi connectivity index (χ4v) is 4.23. The SMILES string of the molecule is CCCCCCCCCCCCCCCCOC1CCC(COC(=O)CCCN(C)C)O1. The van der Waals surface area contributed by atoms with Gasteiger partial charge in [0.1, 0.15) is 6.61 Å². The normalized spacial score (nSPS) is 18.5. The highest BCUT2D eigenvalue weighted by molar-refractivity contribution is 5.69. The van der Waals surface area contributed by atoms with Crippen LogP contribution < -0.4 is 0 Å². The van der Waals surface area contributed by atoms with Gasteiger partial charge in [0.05, 0.1) is 6.10 Å². The van der Waals surface area contributed by atoms with E-state index >= 15 is 0 Å². The lowest BCUT2D eigenvalue weighted by Crippen LogP contribution is -2.21. The Kier molecular flexibility index (Phi) is 19.2. The Morgan fingerprint density at radius 2 is 1.38 bits per heavy atom.